The van der Waals surface area contributed by atoms with E-state index in [1.807, 2.05) is 18.4 Å². The van der Waals surface area contributed by atoms with Crippen molar-refractivity contribution in [2.75, 3.05) is 24.0 Å². The average molecular weight is 393 g/mol. The van der Waals surface area contributed by atoms with Crippen LogP contribution in [0.3, 0.4) is 0 Å². The molecule has 0 aromatic heterocycles. The van der Waals surface area contributed by atoms with Crippen LogP contribution in [0, 0.1) is 0 Å². The predicted molar refractivity (Wildman–Crippen MR) is 102 cm³/mol. The van der Waals surface area contributed by atoms with Crippen molar-refractivity contribution in [3.63, 3.8) is 0 Å². The van der Waals surface area contributed by atoms with Gasteiger partial charge in [0.05, 0.1) is 21.8 Å². The van der Waals surface area contributed by atoms with Crippen molar-refractivity contribution in [2.24, 2.45) is 0 Å². The van der Waals surface area contributed by atoms with Crippen LogP contribution in [-0.4, -0.2) is 44.5 Å². The maximum Gasteiger partial charge on any atom is 0.335 e. The first-order valence-electron chi connectivity index (χ1n) is 7.73. The molecule has 0 bridgehead atoms. The van der Waals surface area contributed by atoms with Crippen LogP contribution in [0.25, 0.3) is 0 Å². The van der Waals surface area contributed by atoms with E-state index >= 15 is 0 Å². The van der Waals surface area contributed by atoms with E-state index < -0.39 is 21.7 Å². The monoisotopic (exact) mass is 393 g/mol. The lowest BCUT2D eigenvalue weighted by atomic mass is 10.1. The number of benzene rings is 2. The van der Waals surface area contributed by atoms with Gasteiger partial charge in [-0.05, 0) is 48.7 Å². The maximum atomic E-state index is 12.9. The van der Waals surface area contributed by atoms with Crippen molar-refractivity contribution < 1.29 is 23.1 Å². The van der Waals surface area contributed by atoms with Crippen molar-refractivity contribution in [3.05, 3.63) is 53.6 Å². The fourth-order valence-corrected chi connectivity index (χ4v) is 3.86. The molecule has 0 radical (unpaired) electrons. The Labute approximate surface area is 156 Å². The van der Waals surface area contributed by atoms with Crippen molar-refractivity contribution in [2.45, 2.75) is 16.7 Å². The highest BCUT2D eigenvalue weighted by Crippen LogP contribution is 2.25. The van der Waals surface area contributed by atoms with E-state index in [1.165, 1.54) is 24.0 Å². The molecule has 0 heterocycles. The Hall–Kier alpha value is -2.32. The topological polar surface area (TPSA) is 91.7 Å². The molecule has 26 heavy (non-hydrogen) atoms. The molecule has 2 aromatic carbocycles. The number of hydrogen-bond donors (Lipinski definition) is 1. The van der Waals surface area contributed by atoms with Crippen LogP contribution in [0.15, 0.2) is 52.3 Å². The quantitative estimate of drug-likeness (QED) is 0.758. The number of thioether (sulfide) groups is 1. The molecule has 1 N–H and O–H groups in total. The molecule has 0 aliphatic rings. The Morgan fingerprint density at radius 1 is 1.12 bits per heavy atom. The largest absolute Gasteiger partial charge is 0.478 e. The van der Waals surface area contributed by atoms with Gasteiger partial charge < -0.3 is 10.0 Å². The Bertz CT molecular complexity index is 937. The van der Waals surface area contributed by atoms with Gasteiger partial charge in [0.25, 0.3) is 5.91 Å². The Morgan fingerprint density at radius 3 is 2.23 bits per heavy atom. The minimum atomic E-state index is -3.77. The predicted octanol–water partition coefficient (Wildman–Crippen LogP) is 3.18. The van der Waals surface area contributed by atoms with Gasteiger partial charge in [-0.2, -0.15) is 0 Å². The molecule has 0 unspecified atom stereocenters. The molecule has 2 aromatic rings. The molecule has 0 saturated carbocycles. The number of carbonyl (C=O) groups is 2. The second kappa shape index (κ2) is 7.92. The zero-order valence-corrected chi connectivity index (χ0v) is 16.2. The summed E-state index contributed by atoms with van der Waals surface area (Å²) in [7, 11) is -2.22. The number of anilines is 1. The summed E-state index contributed by atoms with van der Waals surface area (Å²) in [5, 5.41) is 9.12. The van der Waals surface area contributed by atoms with Gasteiger partial charge in [0.1, 0.15) is 0 Å². The van der Waals surface area contributed by atoms with E-state index in [1.54, 1.807) is 30.9 Å². The van der Waals surface area contributed by atoms with Gasteiger partial charge in [0.2, 0.25) is 0 Å². The number of hydrogen-bond acceptors (Lipinski definition) is 5. The Morgan fingerprint density at radius 2 is 1.73 bits per heavy atom. The highest BCUT2D eigenvalue weighted by Gasteiger charge is 2.25. The van der Waals surface area contributed by atoms with E-state index in [2.05, 4.69) is 0 Å². The molecule has 0 spiro atoms. The van der Waals surface area contributed by atoms with E-state index in [4.69, 9.17) is 5.11 Å². The van der Waals surface area contributed by atoms with Crippen LogP contribution in [0.2, 0.25) is 0 Å². The second-order valence-corrected chi connectivity index (χ2v) is 8.61. The number of aromatic carboxylic acids is 1. The lowest BCUT2D eigenvalue weighted by Gasteiger charge is -2.19. The van der Waals surface area contributed by atoms with Crippen LogP contribution in [0.4, 0.5) is 5.69 Å². The van der Waals surface area contributed by atoms with Gasteiger partial charge in [0, 0.05) is 17.6 Å². The van der Waals surface area contributed by atoms with Crippen LogP contribution in [-0.2, 0) is 9.84 Å². The highest BCUT2D eigenvalue weighted by atomic mass is 32.2. The number of sulfone groups is 1. The highest BCUT2D eigenvalue weighted by molar-refractivity contribution is 7.98. The number of amides is 1. The number of rotatable bonds is 6. The number of carboxylic acids is 1. The van der Waals surface area contributed by atoms with Crippen LogP contribution >= 0.6 is 11.8 Å². The summed E-state index contributed by atoms with van der Waals surface area (Å²) in [5.74, 6) is -2.01. The fourth-order valence-electron chi connectivity index (χ4n) is 2.35. The minimum Gasteiger partial charge on any atom is -0.478 e. The standard InChI is InChI=1S/C18H19NO5S2/c1-4-26(23,24)16-11-12(18(21)22)5-10-15(16)17(20)19(2)13-6-8-14(25-3)9-7-13/h5-11H,4H2,1-3H3,(H,21,22). The number of carbonyl (C=O) groups excluding carboxylic acids is 1. The molecular formula is C18H19NO5S2. The van der Waals surface area contributed by atoms with E-state index in [0.717, 1.165) is 11.0 Å². The van der Waals surface area contributed by atoms with Gasteiger partial charge in [-0.1, -0.05) is 6.92 Å². The van der Waals surface area contributed by atoms with E-state index in [0.29, 0.717) is 5.69 Å². The molecule has 6 nitrogen and oxygen atoms in total. The molecule has 1 amide bonds. The fraction of sp³-hybridized carbons (Fsp3) is 0.222. The molecular weight excluding hydrogens is 374 g/mol. The summed E-state index contributed by atoms with van der Waals surface area (Å²) < 4.78 is 24.8. The van der Waals surface area contributed by atoms with Gasteiger partial charge in [-0.3, -0.25) is 4.79 Å². The molecule has 0 aliphatic carbocycles. The lowest BCUT2D eigenvalue weighted by Crippen LogP contribution is -2.28. The Kier molecular flexibility index (Phi) is 6.09. The zero-order chi connectivity index (χ0) is 19.5. The summed E-state index contributed by atoms with van der Waals surface area (Å²) in [6.07, 6.45) is 1.94. The second-order valence-electron chi connectivity index (χ2n) is 5.48. The molecule has 8 heteroatoms. The third-order valence-corrected chi connectivity index (χ3v) is 6.45. The summed E-state index contributed by atoms with van der Waals surface area (Å²) in [6.45, 7) is 1.45. The van der Waals surface area contributed by atoms with Crippen molar-refractivity contribution in [1.29, 1.82) is 0 Å². The lowest BCUT2D eigenvalue weighted by molar-refractivity contribution is 0.0696. The zero-order valence-electron chi connectivity index (χ0n) is 14.6. The Balaban J connectivity index is 2.51. The van der Waals surface area contributed by atoms with Gasteiger partial charge in [0.15, 0.2) is 9.84 Å². The molecule has 0 saturated heterocycles. The van der Waals surface area contributed by atoms with Crippen LogP contribution in [0.1, 0.15) is 27.6 Å². The minimum absolute atomic E-state index is 0.0479. The van der Waals surface area contributed by atoms with Crippen LogP contribution in [0.5, 0.6) is 0 Å². The van der Waals surface area contributed by atoms with E-state index in [-0.39, 0.29) is 21.8 Å². The third-order valence-electron chi connectivity index (χ3n) is 3.94. The maximum absolute atomic E-state index is 12.9. The first-order valence-corrected chi connectivity index (χ1v) is 10.6. The molecule has 2 rings (SSSR count). The normalized spacial score (nSPS) is 11.2. The van der Waals surface area contributed by atoms with Gasteiger partial charge in [-0.15, -0.1) is 11.8 Å². The van der Waals surface area contributed by atoms with Gasteiger partial charge in [-0.25, -0.2) is 13.2 Å². The molecule has 0 aliphatic heterocycles. The third kappa shape index (κ3) is 4.08. The summed E-state index contributed by atoms with van der Waals surface area (Å²) in [6, 6.07) is 10.8. The summed E-state index contributed by atoms with van der Waals surface area (Å²) in [4.78, 5) is 26.2. The van der Waals surface area contributed by atoms with Crippen molar-refractivity contribution in [1.82, 2.24) is 0 Å². The van der Waals surface area contributed by atoms with Crippen molar-refractivity contribution >= 4 is 39.2 Å². The number of nitrogens with zero attached hydrogens (tertiary/aromatic N) is 1. The summed E-state index contributed by atoms with van der Waals surface area (Å²) in [5.41, 5.74) is 0.379. The molecule has 138 valence electrons. The van der Waals surface area contributed by atoms with Crippen molar-refractivity contribution in [3.8, 4) is 0 Å². The van der Waals surface area contributed by atoms with Gasteiger partial charge >= 0.3 is 5.97 Å². The molecule has 0 atom stereocenters. The smallest absolute Gasteiger partial charge is 0.335 e. The SMILES string of the molecule is CCS(=O)(=O)c1cc(C(=O)O)ccc1C(=O)N(C)c1ccc(SC)cc1. The summed E-state index contributed by atoms with van der Waals surface area (Å²) >= 11 is 1.57. The first-order chi connectivity index (χ1) is 12.2. The van der Waals surface area contributed by atoms with E-state index in [9.17, 15) is 18.0 Å². The first kappa shape index (κ1) is 20.0. The van der Waals surface area contributed by atoms with Crippen LogP contribution < -0.4 is 4.90 Å². The average Bonchev–Trinajstić information content (AvgIpc) is 2.66. The number of carboxylic acid groups (broad SMARTS) is 1. The molecule has 0 fully saturated rings.